The zero-order chi connectivity index (χ0) is 38.9. The largest absolute Gasteiger partial charge is 0.462 e. The smallest absolute Gasteiger partial charge is 0.306 e. The minimum absolute atomic E-state index is 0.0643. The van der Waals surface area contributed by atoms with Crippen LogP contribution in [0, 0.1) is 5.92 Å². The first kappa shape index (κ1) is 51.4. The maximum absolute atomic E-state index is 12.7. The summed E-state index contributed by atoms with van der Waals surface area (Å²) in [5.74, 6) is -0.0152. The lowest BCUT2D eigenvalue weighted by Gasteiger charge is -2.18. The number of unbranched alkanes of at least 4 members (excludes halogenated alkanes) is 28. The van der Waals surface area contributed by atoms with Crippen molar-refractivity contribution in [2.75, 3.05) is 13.2 Å². The average Bonchev–Trinajstić information content (AvgIpc) is 3.15. The van der Waals surface area contributed by atoms with E-state index in [-0.39, 0.29) is 31.1 Å². The molecule has 0 aromatic heterocycles. The van der Waals surface area contributed by atoms with Crippen LogP contribution in [0.25, 0.3) is 0 Å². The number of hydrogen-bond acceptors (Lipinski definition) is 6. The van der Waals surface area contributed by atoms with Gasteiger partial charge in [-0.3, -0.25) is 14.4 Å². The van der Waals surface area contributed by atoms with Crippen LogP contribution in [0.3, 0.4) is 0 Å². The van der Waals surface area contributed by atoms with E-state index in [9.17, 15) is 14.4 Å². The van der Waals surface area contributed by atoms with Crippen molar-refractivity contribution in [1.29, 1.82) is 0 Å². The van der Waals surface area contributed by atoms with Gasteiger partial charge in [0.15, 0.2) is 6.10 Å². The zero-order valence-electron chi connectivity index (χ0n) is 36.0. The topological polar surface area (TPSA) is 78.9 Å². The Bertz CT molecular complexity index is 798. The second-order valence-electron chi connectivity index (χ2n) is 16.3. The lowest BCUT2D eigenvalue weighted by Crippen LogP contribution is -2.30. The normalized spacial score (nSPS) is 12.5. The number of carbonyl (C=O) groups is 3. The number of hydrogen-bond donors (Lipinski definition) is 0. The van der Waals surface area contributed by atoms with Crippen LogP contribution in [-0.4, -0.2) is 37.2 Å². The Morgan fingerprint density at radius 1 is 0.377 bits per heavy atom. The Morgan fingerprint density at radius 3 is 0.981 bits per heavy atom. The van der Waals surface area contributed by atoms with Crippen LogP contribution in [0.1, 0.15) is 259 Å². The van der Waals surface area contributed by atoms with Gasteiger partial charge in [-0.1, -0.05) is 220 Å². The van der Waals surface area contributed by atoms with Crippen LogP contribution in [0.15, 0.2) is 0 Å². The summed E-state index contributed by atoms with van der Waals surface area (Å²) in [6, 6.07) is 0. The summed E-state index contributed by atoms with van der Waals surface area (Å²) in [5, 5.41) is 0. The highest BCUT2D eigenvalue weighted by atomic mass is 16.6. The molecule has 0 rings (SSSR count). The van der Waals surface area contributed by atoms with Crippen LogP contribution in [0.2, 0.25) is 0 Å². The lowest BCUT2D eigenvalue weighted by atomic mass is 9.99. The van der Waals surface area contributed by atoms with E-state index < -0.39 is 6.10 Å². The monoisotopic (exact) mass is 751 g/mol. The number of ether oxygens (including phenoxy) is 3. The van der Waals surface area contributed by atoms with Crippen LogP contribution in [0.4, 0.5) is 0 Å². The van der Waals surface area contributed by atoms with E-state index in [0.717, 1.165) is 63.7 Å². The molecule has 0 amide bonds. The lowest BCUT2D eigenvalue weighted by molar-refractivity contribution is -0.167. The molecule has 0 bridgehead atoms. The predicted molar refractivity (Wildman–Crippen MR) is 224 cm³/mol. The van der Waals surface area contributed by atoms with Gasteiger partial charge in [0.05, 0.1) is 0 Å². The first-order valence-electron chi connectivity index (χ1n) is 23.4. The van der Waals surface area contributed by atoms with Gasteiger partial charge in [-0.25, -0.2) is 0 Å². The number of rotatable bonds is 42. The van der Waals surface area contributed by atoms with E-state index in [1.165, 1.54) is 154 Å². The van der Waals surface area contributed by atoms with Crippen LogP contribution < -0.4 is 0 Å². The molecular formula is C47H90O6. The molecule has 0 heterocycles. The Kier molecular flexibility index (Phi) is 40.3. The molecule has 0 fully saturated rings. The molecule has 2 atom stereocenters. The van der Waals surface area contributed by atoms with Gasteiger partial charge in [-0.05, 0) is 25.2 Å². The molecule has 0 aliphatic carbocycles. The minimum Gasteiger partial charge on any atom is -0.462 e. The predicted octanol–water partition coefficient (Wildman–Crippen LogP) is 14.7. The molecule has 0 saturated heterocycles. The van der Waals surface area contributed by atoms with Gasteiger partial charge >= 0.3 is 17.9 Å². The Morgan fingerprint density at radius 2 is 0.660 bits per heavy atom. The summed E-state index contributed by atoms with van der Waals surface area (Å²) in [6.45, 7) is 8.97. The highest BCUT2D eigenvalue weighted by Gasteiger charge is 2.19. The van der Waals surface area contributed by atoms with Crippen molar-refractivity contribution in [2.45, 2.75) is 265 Å². The number of esters is 3. The second-order valence-corrected chi connectivity index (χ2v) is 16.3. The first-order chi connectivity index (χ1) is 25.9. The molecule has 0 aliphatic rings. The van der Waals surface area contributed by atoms with Gasteiger partial charge in [0.2, 0.25) is 0 Å². The van der Waals surface area contributed by atoms with Crippen LogP contribution in [0.5, 0.6) is 0 Å². The third-order valence-corrected chi connectivity index (χ3v) is 10.9. The quantitative estimate of drug-likeness (QED) is 0.0351. The summed E-state index contributed by atoms with van der Waals surface area (Å²) < 4.78 is 16.7. The Balaban J connectivity index is 4.24. The van der Waals surface area contributed by atoms with Crippen molar-refractivity contribution in [3.05, 3.63) is 0 Å². The third kappa shape index (κ3) is 39.9. The molecule has 0 aromatic rings. The van der Waals surface area contributed by atoms with Crippen molar-refractivity contribution in [3.8, 4) is 0 Å². The number of carbonyl (C=O) groups excluding carboxylic acids is 3. The van der Waals surface area contributed by atoms with E-state index in [4.69, 9.17) is 14.2 Å². The molecule has 6 nitrogen and oxygen atoms in total. The van der Waals surface area contributed by atoms with Crippen molar-refractivity contribution in [2.24, 2.45) is 5.92 Å². The molecule has 0 N–H and O–H groups in total. The maximum Gasteiger partial charge on any atom is 0.306 e. The van der Waals surface area contributed by atoms with Gasteiger partial charge in [0.25, 0.3) is 0 Å². The molecule has 0 saturated carbocycles. The molecule has 0 aliphatic heterocycles. The summed E-state index contributed by atoms with van der Waals surface area (Å²) in [7, 11) is 0. The van der Waals surface area contributed by atoms with Crippen LogP contribution in [-0.2, 0) is 28.6 Å². The fourth-order valence-corrected chi connectivity index (χ4v) is 6.95. The molecule has 0 aromatic carbocycles. The molecule has 6 heteroatoms. The van der Waals surface area contributed by atoms with Gasteiger partial charge in [-0.2, -0.15) is 0 Å². The molecule has 53 heavy (non-hydrogen) atoms. The molecule has 0 spiro atoms. The van der Waals surface area contributed by atoms with Gasteiger partial charge in [0.1, 0.15) is 13.2 Å². The van der Waals surface area contributed by atoms with Crippen molar-refractivity contribution >= 4 is 17.9 Å². The highest BCUT2D eigenvalue weighted by molar-refractivity contribution is 5.71. The van der Waals surface area contributed by atoms with E-state index in [1.54, 1.807) is 0 Å². The van der Waals surface area contributed by atoms with E-state index >= 15 is 0 Å². The SMILES string of the molecule is CCCCCCCCCCCCCCCCCCC(=O)OC[C@@H](COC(=O)CCCCCCCCC)OC(=O)CCCCCCCCCCC(C)CC. The maximum atomic E-state index is 12.7. The highest BCUT2D eigenvalue weighted by Crippen LogP contribution is 2.17. The first-order valence-corrected chi connectivity index (χ1v) is 23.4. The van der Waals surface area contributed by atoms with E-state index in [0.29, 0.717) is 19.3 Å². The fourth-order valence-electron chi connectivity index (χ4n) is 6.95. The van der Waals surface area contributed by atoms with Crippen molar-refractivity contribution in [1.82, 2.24) is 0 Å². The summed E-state index contributed by atoms with van der Waals surface area (Å²) in [6.07, 6.45) is 40.9. The van der Waals surface area contributed by atoms with Crippen molar-refractivity contribution in [3.63, 3.8) is 0 Å². The summed E-state index contributed by atoms with van der Waals surface area (Å²) in [4.78, 5) is 37.6. The second kappa shape index (κ2) is 41.6. The molecule has 314 valence electrons. The molecular weight excluding hydrogens is 661 g/mol. The summed E-state index contributed by atoms with van der Waals surface area (Å²) in [5.41, 5.74) is 0. The van der Waals surface area contributed by atoms with Gasteiger partial charge in [-0.15, -0.1) is 0 Å². The molecule has 0 radical (unpaired) electrons. The van der Waals surface area contributed by atoms with Crippen molar-refractivity contribution < 1.29 is 28.6 Å². The summed E-state index contributed by atoms with van der Waals surface area (Å²) >= 11 is 0. The van der Waals surface area contributed by atoms with E-state index in [2.05, 4.69) is 27.7 Å². The fraction of sp³-hybridized carbons (Fsp3) is 0.936. The standard InChI is InChI=1S/C47H90O6/c1-5-8-10-12-14-15-16-17-18-19-20-21-22-27-31-35-39-46(49)52-42-44(41-51-45(48)38-34-30-25-13-11-9-6-2)53-47(50)40-36-32-28-24-23-26-29-33-37-43(4)7-3/h43-44H,5-42H2,1-4H3/t43?,44-/m1/s1. The van der Waals surface area contributed by atoms with Gasteiger partial charge < -0.3 is 14.2 Å². The third-order valence-electron chi connectivity index (χ3n) is 10.9. The molecule has 1 unspecified atom stereocenters. The van der Waals surface area contributed by atoms with E-state index in [1.807, 2.05) is 0 Å². The zero-order valence-corrected chi connectivity index (χ0v) is 36.0. The Hall–Kier alpha value is -1.59. The van der Waals surface area contributed by atoms with Gasteiger partial charge in [0, 0.05) is 19.3 Å². The Labute approximate surface area is 329 Å². The average molecular weight is 751 g/mol. The van der Waals surface area contributed by atoms with Crippen LogP contribution >= 0.6 is 0 Å². The minimum atomic E-state index is -0.759.